The van der Waals surface area contributed by atoms with Crippen molar-refractivity contribution in [1.82, 2.24) is 10.2 Å². The highest BCUT2D eigenvalue weighted by Crippen LogP contribution is 2.45. The minimum absolute atomic E-state index is 0.0633. The first kappa shape index (κ1) is 21.1. The number of fused-ring (bicyclic) bond motifs is 1. The van der Waals surface area contributed by atoms with Gasteiger partial charge in [-0.1, -0.05) is 11.8 Å². The van der Waals surface area contributed by atoms with Gasteiger partial charge in [-0.15, -0.1) is 0 Å². The average Bonchev–Trinajstić information content (AvgIpc) is 3.48. The van der Waals surface area contributed by atoms with E-state index in [1.165, 1.54) is 11.8 Å². The largest absolute Gasteiger partial charge is 0.463 e. The van der Waals surface area contributed by atoms with Crippen molar-refractivity contribution in [2.45, 2.75) is 45.3 Å². The average molecular weight is 448 g/mol. The second-order valence-electron chi connectivity index (χ2n) is 7.29. The molecule has 0 saturated carbocycles. The van der Waals surface area contributed by atoms with E-state index in [1.54, 1.807) is 18.3 Å². The molecule has 4 rings (SSSR count). The third kappa shape index (κ3) is 4.33. The molecule has 4 heterocycles. The fourth-order valence-corrected chi connectivity index (χ4v) is 5.49. The van der Waals surface area contributed by atoms with E-state index in [9.17, 15) is 9.59 Å². The van der Waals surface area contributed by atoms with Crippen molar-refractivity contribution in [3.63, 3.8) is 0 Å². The van der Waals surface area contributed by atoms with Gasteiger partial charge in [0.15, 0.2) is 5.17 Å². The topological polar surface area (TPSA) is 80.2 Å². The molecule has 1 fully saturated rings. The number of hydrogen-bond donors (Lipinski definition) is 1. The lowest BCUT2D eigenvalue weighted by Crippen LogP contribution is -2.38. The van der Waals surface area contributed by atoms with Gasteiger partial charge < -0.3 is 19.7 Å². The van der Waals surface area contributed by atoms with Crippen LogP contribution in [-0.2, 0) is 19.1 Å². The number of carbonyl (C=O) groups is 2. The number of amidine groups is 1. The number of thioether (sulfide) groups is 1. The molecule has 1 aromatic heterocycles. The first-order chi connectivity index (χ1) is 14.6. The predicted octanol–water partition coefficient (Wildman–Crippen LogP) is 3.57. The zero-order valence-electron chi connectivity index (χ0n) is 17.1. The number of allylic oxidation sites excluding steroid dienone is 1. The quantitative estimate of drug-likeness (QED) is 0.644. The fraction of sp³-hybridized carbons (Fsp3) is 0.476. The number of hydrogen-bond acceptors (Lipinski definition) is 8. The number of amides is 1. The Labute approximate surface area is 184 Å². The van der Waals surface area contributed by atoms with Crippen LogP contribution in [0.1, 0.15) is 44.7 Å². The summed E-state index contributed by atoms with van der Waals surface area (Å²) in [4.78, 5) is 32.0. The molecule has 30 heavy (non-hydrogen) atoms. The Morgan fingerprint density at radius 3 is 3.00 bits per heavy atom. The maximum absolute atomic E-state index is 12.8. The molecule has 3 aliphatic heterocycles. The van der Waals surface area contributed by atoms with Crippen molar-refractivity contribution >= 4 is 40.1 Å². The second-order valence-corrected chi connectivity index (χ2v) is 8.90. The monoisotopic (exact) mass is 447 g/mol. The molecule has 1 N–H and O–H groups in total. The van der Waals surface area contributed by atoms with Crippen molar-refractivity contribution in [2.75, 3.05) is 19.8 Å². The molecule has 0 aliphatic carbocycles. The van der Waals surface area contributed by atoms with Gasteiger partial charge in [0.05, 0.1) is 36.4 Å². The predicted molar refractivity (Wildman–Crippen MR) is 118 cm³/mol. The summed E-state index contributed by atoms with van der Waals surface area (Å²) in [6, 6.07) is 1.65. The molecule has 0 aromatic carbocycles. The lowest BCUT2D eigenvalue weighted by molar-refractivity contribution is -0.139. The summed E-state index contributed by atoms with van der Waals surface area (Å²) >= 11 is 3.05. The van der Waals surface area contributed by atoms with Gasteiger partial charge in [0.25, 0.3) is 0 Å². The molecular weight excluding hydrogens is 422 g/mol. The SMILES string of the molecule is CCOC(=O)C1=C(C)N=C2SC=C(CC(=O)NC[C@H]3CCCO3)N2[C@@H]1c1ccsc1. The third-order valence-corrected chi connectivity index (χ3v) is 6.84. The number of rotatable bonds is 7. The second kappa shape index (κ2) is 9.36. The molecule has 7 nitrogen and oxygen atoms in total. The van der Waals surface area contributed by atoms with Gasteiger partial charge in [0.1, 0.15) is 0 Å². The van der Waals surface area contributed by atoms with Crippen LogP contribution in [0, 0.1) is 0 Å². The van der Waals surface area contributed by atoms with Gasteiger partial charge >= 0.3 is 5.97 Å². The highest BCUT2D eigenvalue weighted by Gasteiger charge is 2.41. The van der Waals surface area contributed by atoms with Crippen molar-refractivity contribution in [2.24, 2.45) is 4.99 Å². The first-order valence-electron chi connectivity index (χ1n) is 10.1. The van der Waals surface area contributed by atoms with E-state index in [0.717, 1.165) is 35.9 Å². The number of carbonyl (C=O) groups excluding carboxylic acids is 2. The molecule has 1 aromatic rings. The number of aliphatic imine (C=N–C) groups is 1. The summed E-state index contributed by atoms with van der Waals surface area (Å²) in [6.45, 7) is 5.22. The summed E-state index contributed by atoms with van der Waals surface area (Å²) in [5, 5.41) is 9.72. The lowest BCUT2D eigenvalue weighted by atomic mass is 9.96. The van der Waals surface area contributed by atoms with Crippen LogP contribution in [0.2, 0.25) is 0 Å². The Bertz CT molecular complexity index is 901. The first-order valence-corrected chi connectivity index (χ1v) is 11.9. The molecule has 0 unspecified atom stereocenters. The lowest BCUT2D eigenvalue weighted by Gasteiger charge is -2.35. The number of nitrogens with zero attached hydrogens (tertiary/aromatic N) is 2. The van der Waals surface area contributed by atoms with E-state index in [-0.39, 0.29) is 30.4 Å². The number of esters is 1. The molecule has 160 valence electrons. The van der Waals surface area contributed by atoms with E-state index in [2.05, 4.69) is 10.3 Å². The molecule has 3 aliphatic rings. The molecule has 0 radical (unpaired) electrons. The summed E-state index contributed by atoms with van der Waals surface area (Å²) < 4.78 is 10.9. The van der Waals surface area contributed by atoms with Gasteiger partial charge in [0, 0.05) is 18.8 Å². The van der Waals surface area contributed by atoms with Gasteiger partial charge in [0.2, 0.25) is 5.91 Å². The van der Waals surface area contributed by atoms with Gasteiger partial charge in [-0.2, -0.15) is 11.3 Å². The highest BCUT2D eigenvalue weighted by atomic mass is 32.2. The molecule has 0 spiro atoms. The van der Waals surface area contributed by atoms with Crippen LogP contribution in [-0.4, -0.2) is 47.8 Å². The Hall–Kier alpha value is -2.10. The van der Waals surface area contributed by atoms with E-state index in [4.69, 9.17) is 9.47 Å². The van der Waals surface area contributed by atoms with Crippen molar-refractivity contribution in [1.29, 1.82) is 0 Å². The molecular formula is C21H25N3O4S2. The van der Waals surface area contributed by atoms with Crippen LogP contribution in [0.25, 0.3) is 0 Å². The molecule has 9 heteroatoms. The zero-order valence-corrected chi connectivity index (χ0v) is 18.7. The minimum atomic E-state index is -0.368. The minimum Gasteiger partial charge on any atom is -0.463 e. The molecule has 1 saturated heterocycles. The number of nitrogens with one attached hydrogen (secondary N) is 1. The Kier molecular flexibility index (Phi) is 6.60. The maximum atomic E-state index is 12.8. The Morgan fingerprint density at radius 1 is 1.43 bits per heavy atom. The van der Waals surface area contributed by atoms with Crippen LogP contribution in [0.5, 0.6) is 0 Å². The van der Waals surface area contributed by atoms with Crippen LogP contribution in [0.3, 0.4) is 0 Å². The van der Waals surface area contributed by atoms with E-state index >= 15 is 0 Å². The molecule has 1 amide bonds. The van der Waals surface area contributed by atoms with Gasteiger partial charge in [-0.05, 0) is 54.5 Å². The summed E-state index contributed by atoms with van der Waals surface area (Å²) in [7, 11) is 0. The number of ether oxygens (including phenoxy) is 2. The van der Waals surface area contributed by atoms with E-state index in [1.807, 2.05) is 34.1 Å². The molecule has 0 bridgehead atoms. The standard InChI is InChI=1S/C21H25N3O4S2/c1-3-27-20(26)18-13(2)23-21-24(19(18)14-6-8-29-11-14)15(12-30-21)9-17(25)22-10-16-5-4-7-28-16/h6,8,11-12,16,19H,3-5,7,9-10H2,1-2H3,(H,22,25)/t16-,19-/m1/s1. The van der Waals surface area contributed by atoms with Gasteiger partial charge in [-0.25, -0.2) is 9.79 Å². The van der Waals surface area contributed by atoms with E-state index in [0.29, 0.717) is 24.4 Å². The number of thiophene rings is 1. The smallest absolute Gasteiger partial charge is 0.338 e. The van der Waals surface area contributed by atoms with Crippen LogP contribution < -0.4 is 5.32 Å². The van der Waals surface area contributed by atoms with Crippen molar-refractivity contribution in [3.05, 3.63) is 44.8 Å². The van der Waals surface area contributed by atoms with Crippen LogP contribution in [0.15, 0.2) is 44.2 Å². The van der Waals surface area contributed by atoms with Crippen LogP contribution in [0.4, 0.5) is 0 Å². The molecule has 2 atom stereocenters. The van der Waals surface area contributed by atoms with E-state index < -0.39 is 0 Å². The van der Waals surface area contributed by atoms with Crippen molar-refractivity contribution < 1.29 is 19.1 Å². The Morgan fingerprint density at radius 2 is 2.30 bits per heavy atom. The Balaban J connectivity index is 1.55. The summed E-state index contributed by atoms with van der Waals surface area (Å²) in [5.41, 5.74) is 2.99. The van der Waals surface area contributed by atoms with Crippen molar-refractivity contribution in [3.8, 4) is 0 Å². The van der Waals surface area contributed by atoms with Crippen LogP contribution >= 0.6 is 23.1 Å². The summed E-state index contributed by atoms with van der Waals surface area (Å²) in [5.74, 6) is -0.431. The zero-order chi connectivity index (χ0) is 21.1. The maximum Gasteiger partial charge on any atom is 0.338 e. The normalized spacial score (nSPS) is 23.2. The highest BCUT2D eigenvalue weighted by molar-refractivity contribution is 8.16. The van der Waals surface area contributed by atoms with Gasteiger partial charge in [-0.3, -0.25) is 4.79 Å². The fourth-order valence-electron chi connectivity index (χ4n) is 3.85. The third-order valence-electron chi connectivity index (χ3n) is 5.25. The summed E-state index contributed by atoms with van der Waals surface area (Å²) in [6.07, 6.45) is 2.34.